The van der Waals surface area contributed by atoms with E-state index in [4.69, 9.17) is 15.6 Å². The van der Waals surface area contributed by atoms with E-state index in [2.05, 4.69) is 15.0 Å². The number of aromatic nitrogens is 4. The Morgan fingerprint density at radius 1 is 1.52 bits per heavy atom. The summed E-state index contributed by atoms with van der Waals surface area (Å²) < 4.78 is 52.7. The highest BCUT2D eigenvalue weighted by Crippen LogP contribution is 2.41. The Labute approximate surface area is 125 Å². The van der Waals surface area contributed by atoms with Gasteiger partial charge in [-0.05, 0) is 0 Å². The van der Waals surface area contributed by atoms with Gasteiger partial charge in [0.15, 0.2) is 11.2 Å². The number of nitrogens with one attached hydrogen (secondary N) is 1. The topological polar surface area (TPSA) is 119 Å². The molecule has 12 heteroatoms. The van der Waals surface area contributed by atoms with Gasteiger partial charge in [-0.25, -0.2) is 22.5 Å². The fourth-order valence-electron chi connectivity index (χ4n) is 2.20. The number of nitrogens with two attached hydrogens (primary N) is 1. The Bertz CT molecular complexity index is 734. The van der Waals surface area contributed by atoms with Crippen molar-refractivity contribution in [3.63, 3.8) is 0 Å². The van der Waals surface area contributed by atoms with Crippen molar-refractivity contribution < 1.29 is 27.4 Å². The number of imidazole rings is 1. The highest BCUT2D eigenvalue weighted by Gasteiger charge is 2.50. The minimum atomic E-state index is -3.16. The zero-order valence-electron chi connectivity index (χ0n) is 11.5. The summed E-state index contributed by atoms with van der Waals surface area (Å²) in [4.78, 5) is 21.5. The maximum atomic E-state index is 13.6. The first-order valence-corrected chi connectivity index (χ1v) is 6.32. The van der Waals surface area contributed by atoms with Gasteiger partial charge in [0, 0.05) is 0 Å². The zero-order chi connectivity index (χ0) is 17.2. The van der Waals surface area contributed by atoms with E-state index in [-0.39, 0.29) is 17.1 Å². The quantitative estimate of drug-likeness (QED) is 0.686. The Kier molecular flexibility index (Phi) is 4.85. The number of aliphatic hydroxyl groups is 1. The van der Waals surface area contributed by atoms with E-state index in [1.54, 1.807) is 0 Å². The van der Waals surface area contributed by atoms with Gasteiger partial charge in [0.25, 0.3) is 11.5 Å². The number of nitrogen functional groups attached to an aromatic ring is 1. The molecule has 2 unspecified atom stereocenters. The number of aliphatic hydroxyl groups excluding tert-OH is 1. The van der Waals surface area contributed by atoms with Crippen molar-refractivity contribution in [2.75, 3.05) is 19.3 Å². The third-order valence-electron chi connectivity index (χ3n) is 3.17. The molecule has 0 spiro atoms. The molecule has 0 bridgehead atoms. The monoisotopic (exact) mass is 339 g/mol. The number of hydrogen-bond acceptors (Lipinski definition) is 6. The van der Waals surface area contributed by atoms with Crippen molar-refractivity contribution in [1.82, 2.24) is 19.5 Å². The molecule has 8 nitrogen and oxygen atoms in total. The van der Waals surface area contributed by atoms with Crippen molar-refractivity contribution in [3.05, 3.63) is 16.7 Å². The van der Waals surface area contributed by atoms with Crippen LogP contribution in [0.15, 0.2) is 11.1 Å². The predicted octanol–water partition coefficient (Wildman–Crippen LogP) is 0.500. The average Bonchev–Trinajstić information content (AvgIpc) is 2.99. The summed E-state index contributed by atoms with van der Waals surface area (Å²) in [7, 11) is 0. The third kappa shape index (κ3) is 3.27. The number of alkyl halides is 4. The molecule has 1 aliphatic rings. The maximum Gasteiger partial charge on any atom is 0.280 e. The zero-order valence-corrected chi connectivity index (χ0v) is 11.5. The van der Waals surface area contributed by atoms with Crippen LogP contribution in [0.5, 0.6) is 0 Å². The first-order valence-electron chi connectivity index (χ1n) is 6.32. The molecule has 1 aliphatic heterocycles. The van der Waals surface area contributed by atoms with E-state index in [9.17, 15) is 22.4 Å². The van der Waals surface area contributed by atoms with Crippen LogP contribution in [-0.2, 0) is 4.74 Å². The SMILES string of the molecule is FCF.Nc1nc2c(ncn2C2CC(F)(F)C(CO)O2)c(=O)[nH]1. The fraction of sp³-hybridized carbons (Fsp3) is 0.545. The van der Waals surface area contributed by atoms with E-state index in [1.807, 2.05) is 0 Å². The number of nitrogens with zero attached hydrogens (tertiary/aromatic N) is 3. The molecule has 3 heterocycles. The fourth-order valence-corrected chi connectivity index (χ4v) is 2.20. The lowest BCUT2D eigenvalue weighted by Gasteiger charge is -2.14. The van der Waals surface area contributed by atoms with Gasteiger partial charge in [-0.1, -0.05) is 0 Å². The van der Waals surface area contributed by atoms with Crippen LogP contribution < -0.4 is 11.3 Å². The lowest BCUT2D eigenvalue weighted by Crippen LogP contribution is -2.31. The molecule has 3 rings (SSSR count). The molecule has 23 heavy (non-hydrogen) atoms. The number of anilines is 1. The average molecular weight is 339 g/mol. The molecule has 1 fully saturated rings. The number of ether oxygens (including phenoxy) is 1. The summed E-state index contributed by atoms with van der Waals surface area (Å²) in [6.07, 6.45) is -2.12. The summed E-state index contributed by atoms with van der Waals surface area (Å²) >= 11 is 0. The van der Waals surface area contributed by atoms with Crippen LogP contribution in [0.3, 0.4) is 0 Å². The number of aromatic amines is 1. The molecule has 128 valence electrons. The Hall–Kier alpha value is -2.21. The molecule has 2 atom stereocenters. The number of rotatable bonds is 2. The normalized spacial score (nSPS) is 22.8. The van der Waals surface area contributed by atoms with Crippen LogP contribution in [0.2, 0.25) is 0 Å². The van der Waals surface area contributed by atoms with E-state index >= 15 is 0 Å². The minimum Gasteiger partial charge on any atom is -0.393 e. The Morgan fingerprint density at radius 2 is 2.17 bits per heavy atom. The van der Waals surface area contributed by atoms with Crippen LogP contribution in [-0.4, -0.2) is 50.2 Å². The maximum absolute atomic E-state index is 13.6. The Morgan fingerprint density at radius 3 is 2.74 bits per heavy atom. The summed E-state index contributed by atoms with van der Waals surface area (Å²) in [5.41, 5.74) is 4.91. The highest BCUT2D eigenvalue weighted by atomic mass is 19.3. The first kappa shape index (κ1) is 17.1. The van der Waals surface area contributed by atoms with Crippen molar-refractivity contribution in [3.8, 4) is 0 Å². The van der Waals surface area contributed by atoms with E-state index < -0.39 is 43.8 Å². The smallest absolute Gasteiger partial charge is 0.280 e. The molecule has 4 N–H and O–H groups in total. The molecule has 0 amide bonds. The number of halogens is 4. The number of hydrogen-bond donors (Lipinski definition) is 3. The molecule has 0 aromatic carbocycles. The summed E-state index contributed by atoms with van der Waals surface area (Å²) in [5, 5.41) is 8.90. The van der Waals surface area contributed by atoms with E-state index in [1.165, 1.54) is 10.9 Å². The molecular formula is C11H13F4N5O3. The highest BCUT2D eigenvalue weighted by molar-refractivity contribution is 5.70. The van der Waals surface area contributed by atoms with Crippen LogP contribution >= 0.6 is 0 Å². The number of H-pyrrole nitrogens is 1. The molecule has 0 radical (unpaired) electrons. The van der Waals surface area contributed by atoms with Gasteiger partial charge in [-0.3, -0.25) is 14.3 Å². The van der Waals surface area contributed by atoms with Gasteiger partial charge in [-0.2, -0.15) is 4.98 Å². The van der Waals surface area contributed by atoms with Crippen molar-refractivity contribution >= 4 is 17.1 Å². The predicted molar refractivity (Wildman–Crippen MR) is 70.2 cm³/mol. The molecular weight excluding hydrogens is 326 g/mol. The minimum absolute atomic E-state index is 0.0152. The van der Waals surface area contributed by atoms with Gasteiger partial charge in [0.05, 0.1) is 19.4 Å². The van der Waals surface area contributed by atoms with Crippen LogP contribution in [0.1, 0.15) is 12.6 Å². The van der Waals surface area contributed by atoms with Gasteiger partial charge < -0.3 is 15.6 Å². The number of fused-ring (bicyclic) bond motifs is 1. The van der Waals surface area contributed by atoms with Gasteiger partial charge >= 0.3 is 0 Å². The second kappa shape index (κ2) is 6.50. The summed E-state index contributed by atoms with van der Waals surface area (Å²) in [6, 6.07) is 0. The second-order valence-corrected chi connectivity index (χ2v) is 4.60. The van der Waals surface area contributed by atoms with Crippen molar-refractivity contribution in [1.29, 1.82) is 0 Å². The summed E-state index contributed by atoms with van der Waals surface area (Å²) in [6.45, 7) is -2.55. The van der Waals surface area contributed by atoms with Gasteiger partial charge in [-0.15, -0.1) is 0 Å². The Balaban J connectivity index is 0.000000595. The molecule has 0 saturated carbocycles. The van der Waals surface area contributed by atoms with E-state index in [0.29, 0.717) is 0 Å². The summed E-state index contributed by atoms with van der Waals surface area (Å²) in [5.74, 6) is -3.31. The lowest BCUT2D eigenvalue weighted by molar-refractivity contribution is -0.101. The van der Waals surface area contributed by atoms with Crippen LogP contribution in [0, 0.1) is 0 Å². The molecule has 0 aliphatic carbocycles. The van der Waals surface area contributed by atoms with Crippen molar-refractivity contribution in [2.45, 2.75) is 24.7 Å². The second-order valence-electron chi connectivity index (χ2n) is 4.60. The first-order chi connectivity index (χ1) is 10.8. The van der Waals surface area contributed by atoms with Gasteiger partial charge in [0.2, 0.25) is 12.9 Å². The third-order valence-corrected chi connectivity index (χ3v) is 3.17. The molecule has 2 aromatic heterocycles. The standard InChI is InChI=1S/C10H11F2N5O3.CH2F2/c11-10(12)1-5(20-4(10)2-18)17-3-14-6-7(17)15-9(13)16-8(6)19;2-1-3/h3-5,18H,1-2H2,(H3,13,15,16,19);1H2. The lowest BCUT2D eigenvalue weighted by atomic mass is 10.2. The largest absolute Gasteiger partial charge is 0.393 e. The van der Waals surface area contributed by atoms with Crippen LogP contribution in [0.4, 0.5) is 23.5 Å². The van der Waals surface area contributed by atoms with Gasteiger partial charge in [0.1, 0.15) is 12.3 Å². The van der Waals surface area contributed by atoms with E-state index in [0.717, 1.165) is 0 Å². The molecule has 1 saturated heterocycles. The van der Waals surface area contributed by atoms with Crippen LogP contribution in [0.25, 0.3) is 11.2 Å². The molecule has 2 aromatic rings. The van der Waals surface area contributed by atoms with Crippen molar-refractivity contribution in [2.24, 2.45) is 0 Å².